The minimum atomic E-state index is -0.363. The van der Waals surface area contributed by atoms with Crippen molar-refractivity contribution < 1.29 is 9.53 Å². The number of nitrogens with zero attached hydrogens (tertiary/aromatic N) is 2. The smallest absolute Gasteiger partial charge is 0.323 e. The SMILES string of the molecule is CCOc1ccc(NC(=O)Nc2ccc(-n3c(C)nc4ccccc4c3=O)cc2)cc1. The van der Waals surface area contributed by atoms with E-state index < -0.39 is 0 Å². The van der Waals surface area contributed by atoms with Crippen LogP contribution in [0.4, 0.5) is 16.2 Å². The lowest BCUT2D eigenvalue weighted by Gasteiger charge is -2.12. The van der Waals surface area contributed by atoms with E-state index in [1.165, 1.54) is 0 Å². The number of amides is 2. The van der Waals surface area contributed by atoms with Gasteiger partial charge in [0.2, 0.25) is 0 Å². The van der Waals surface area contributed by atoms with Crippen LogP contribution in [0.2, 0.25) is 0 Å². The summed E-state index contributed by atoms with van der Waals surface area (Å²) >= 11 is 0. The molecule has 0 unspecified atom stereocenters. The number of nitrogens with one attached hydrogen (secondary N) is 2. The van der Waals surface area contributed by atoms with Gasteiger partial charge in [-0.2, -0.15) is 0 Å². The van der Waals surface area contributed by atoms with Crippen LogP contribution in [-0.2, 0) is 0 Å². The normalized spacial score (nSPS) is 10.6. The van der Waals surface area contributed by atoms with Gasteiger partial charge < -0.3 is 15.4 Å². The Morgan fingerprint density at radius 2 is 1.55 bits per heavy atom. The molecule has 4 aromatic rings. The van der Waals surface area contributed by atoms with E-state index in [2.05, 4.69) is 15.6 Å². The molecule has 7 heteroatoms. The van der Waals surface area contributed by atoms with Crippen molar-refractivity contribution in [2.45, 2.75) is 13.8 Å². The highest BCUT2D eigenvalue weighted by atomic mass is 16.5. The summed E-state index contributed by atoms with van der Waals surface area (Å²) in [6, 6.07) is 21.1. The van der Waals surface area contributed by atoms with Crippen molar-refractivity contribution in [3.63, 3.8) is 0 Å². The lowest BCUT2D eigenvalue weighted by atomic mass is 10.2. The van der Waals surface area contributed by atoms with Crippen molar-refractivity contribution in [2.75, 3.05) is 17.2 Å². The second-order valence-electron chi connectivity index (χ2n) is 6.90. The molecule has 1 aromatic heterocycles. The Balaban J connectivity index is 1.49. The molecule has 7 nitrogen and oxygen atoms in total. The Bertz CT molecular complexity index is 1280. The number of urea groups is 1. The maximum absolute atomic E-state index is 12.9. The summed E-state index contributed by atoms with van der Waals surface area (Å²) < 4.78 is 6.95. The number of para-hydroxylation sites is 1. The Labute approximate surface area is 179 Å². The molecule has 0 aliphatic carbocycles. The molecular formula is C24H22N4O3. The van der Waals surface area contributed by atoms with Crippen molar-refractivity contribution in [1.82, 2.24) is 9.55 Å². The zero-order chi connectivity index (χ0) is 21.8. The predicted octanol–water partition coefficient (Wildman–Crippen LogP) is 4.74. The van der Waals surface area contributed by atoms with Gasteiger partial charge in [-0.3, -0.25) is 9.36 Å². The second-order valence-corrected chi connectivity index (χ2v) is 6.90. The maximum Gasteiger partial charge on any atom is 0.323 e. The molecule has 1 heterocycles. The summed E-state index contributed by atoms with van der Waals surface area (Å²) in [6.45, 7) is 4.30. The third-order valence-electron chi connectivity index (χ3n) is 4.75. The van der Waals surface area contributed by atoms with Gasteiger partial charge in [0.05, 0.1) is 23.2 Å². The number of hydrogen-bond acceptors (Lipinski definition) is 4. The number of anilines is 2. The first-order valence-corrected chi connectivity index (χ1v) is 9.95. The van der Waals surface area contributed by atoms with E-state index in [0.29, 0.717) is 40.4 Å². The van der Waals surface area contributed by atoms with Gasteiger partial charge in [0, 0.05) is 11.4 Å². The molecule has 0 atom stereocenters. The minimum Gasteiger partial charge on any atom is -0.494 e. The highest BCUT2D eigenvalue weighted by molar-refractivity contribution is 5.99. The van der Waals surface area contributed by atoms with Gasteiger partial charge in [0.15, 0.2) is 0 Å². The molecule has 0 saturated heterocycles. The highest BCUT2D eigenvalue weighted by Gasteiger charge is 2.10. The van der Waals surface area contributed by atoms with Crippen LogP contribution in [0, 0.1) is 6.92 Å². The number of carbonyl (C=O) groups is 1. The molecule has 0 aliphatic heterocycles. The highest BCUT2D eigenvalue weighted by Crippen LogP contribution is 2.18. The Morgan fingerprint density at radius 1 is 0.935 bits per heavy atom. The fourth-order valence-corrected chi connectivity index (χ4v) is 3.34. The molecular weight excluding hydrogens is 392 g/mol. The van der Waals surface area contributed by atoms with Crippen molar-refractivity contribution in [1.29, 1.82) is 0 Å². The van der Waals surface area contributed by atoms with E-state index in [1.54, 1.807) is 66.1 Å². The summed E-state index contributed by atoms with van der Waals surface area (Å²) in [7, 11) is 0. The standard InChI is InChI=1S/C24H22N4O3/c1-3-31-20-14-10-18(11-15-20)27-24(30)26-17-8-12-19(13-9-17)28-16(2)25-22-7-5-4-6-21(22)23(28)29/h4-15H,3H2,1-2H3,(H2,26,27,30). The van der Waals surface area contributed by atoms with E-state index in [1.807, 2.05) is 25.1 Å². The minimum absolute atomic E-state index is 0.128. The van der Waals surface area contributed by atoms with Crippen LogP contribution in [0.15, 0.2) is 77.6 Å². The fraction of sp³-hybridized carbons (Fsp3) is 0.125. The number of aromatic nitrogens is 2. The van der Waals surface area contributed by atoms with E-state index >= 15 is 0 Å². The predicted molar refractivity (Wildman–Crippen MR) is 122 cm³/mol. The van der Waals surface area contributed by atoms with Crippen LogP contribution in [0.25, 0.3) is 16.6 Å². The molecule has 0 fully saturated rings. The first-order valence-electron chi connectivity index (χ1n) is 9.95. The molecule has 0 radical (unpaired) electrons. The number of hydrogen-bond donors (Lipinski definition) is 2. The largest absolute Gasteiger partial charge is 0.494 e. The monoisotopic (exact) mass is 414 g/mol. The zero-order valence-electron chi connectivity index (χ0n) is 17.3. The first-order chi connectivity index (χ1) is 15.0. The fourth-order valence-electron chi connectivity index (χ4n) is 3.34. The topological polar surface area (TPSA) is 85.2 Å². The average molecular weight is 414 g/mol. The third-order valence-corrected chi connectivity index (χ3v) is 4.75. The van der Waals surface area contributed by atoms with Crippen LogP contribution < -0.4 is 20.9 Å². The van der Waals surface area contributed by atoms with E-state index in [-0.39, 0.29) is 11.6 Å². The maximum atomic E-state index is 12.9. The molecule has 0 aliphatic rings. The lowest BCUT2D eigenvalue weighted by Crippen LogP contribution is -2.22. The average Bonchev–Trinajstić information content (AvgIpc) is 2.76. The molecule has 4 rings (SSSR count). The van der Waals surface area contributed by atoms with Gasteiger partial charge in [-0.25, -0.2) is 9.78 Å². The van der Waals surface area contributed by atoms with Gasteiger partial charge >= 0.3 is 6.03 Å². The quantitative estimate of drug-likeness (QED) is 0.494. The van der Waals surface area contributed by atoms with Crippen LogP contribution in [0.1, 0.15) is 12.7 Å². The van der Waals surface area contributed by atoms with Crippen LogP contribution >= 0.6 is 0 Å². The van der Waals surface area contributed by atoms with E-state index in [0.717, 1.165) is 5.75 Å². The molecule has 3 aromatic carbocycles. The molecule has 2 N–H and O–H groups in total. The zero-order valence-corrected chi connectivity index (χ0v) is 17.3. The van der Waals surface area contributed by atoms with Crippen LogP contribution in [-0.4, -0.2) is 22.2 Å². The van der Waals surface area contributed by atoms with E-state index in [9.17, 15) is 9.59 Å². The van der Waals surface area contributed by atoms with Crippen molar-refractivity contribution in [3.05, 3.63) is 89.0 Å². The van der Waals surface area contributed by atoms with Crippen molar-refractivity contribution in [2.24, 2.45) is 0 Å². The molecule has 156 valence electrons. The Hall–Kier alpha value is -4.13. The number of fused-ring (bicyclic) bond motifs is 1. The lowest BCUT2D eigenvalue weighted by molar-refractivity contribution is 0.262. The number of aryl methyl sites for hydroxylation is 1. The summed E-state index contributed by atoms with van der Waals surface area (Å²) in [5.74, 6) is 1.34. The molecule has 2 amide bonds. The summed E-state index contributed by atoms with van der Waals surface area (Å²) in [5.41, 5.74) is 2.48. The van der Waals surface area contributed by atoms with Gasteiger partial charge in [-0.15, -0.1) is 0 Å². The molecule has 0 saturated carbocycles. The van der Waals surface area contributed by atoms with Gasteiger partial charge in [0.25, 0.3) is 5.56 Å². The number of rotatable bonds is 5. The van der Waals surface area contributed by atoms with Crippen molar-refractivity contribution in [3.8, 4) is 11.4 Å². The number of carbonyl (C=O) groups excluding carboxylic acids is 1. The molecule has 0 spiro atoms. The number of ether oxygens (including phenoxy) is 1. The Morgan fingerprint density at radius 3 is 2.19 bits per heavy atom. The number of benzene rings is 3. The summed E-state index contributed by atoms with van der Waals surface area (Å²) in [6.07, 6.45) is 0. The molecule has 0 bridgehead atoms. The second kappa shape index (κ2) is 8.71. The first kappa shape index (κ1) is 20.2. The molecule has 31 heavy (non-hydrogen) atoms. The van der Waals surface area contributed by atoms with Crippen LogP contribution in [0.5, 0.6) is 5.75 Å². The summed E-state index contributed by atoms with van der Waals surface area (Å²) in [5, 5.41) is 6.12. The van der Waals surface area contributed by atoms with Gasteiger partial charge in [-0.05, 0) is 74.5 Å². The third kappa shape index (κ3) is 4.40. The van der Waals surface area contributed by atoms with Gasteiger partial charge in [0.1, 0.15) is 11.6 Å². The summed E-state index contributed by atoms with van der Waals surface area (Å²) in [4.78, 5) is 29.7. The van der Waals surface area contributed by atoms with Crippen molar-refractivity contribution >= 4 is 28.3 Å². The van der Waals surface area contributed by atoms with E-state index in [4.69, 9.17) is 4.74 Å². The Kier molecular flexibility index (Phi) is 5.66. The van der Waals surface area contributed by atoms with Gasteiger partial charge in [-0.1, -0.05) is 12.1 Å². The van der Waals surface area contributed by atoms with Crippen LogP contribution in [0.3, 0.4) is 0 Å².